The minimum absolute atomic E-state index is 0.155. The molecule has 1 amide bonds. The Bertz CT molecular complexity index is 1350. The highest BCUT2D eigenvalue weighted by molar-refractivity contribution is 7.17. The quantitative estimate of drug-likeness (QED) is 0.478. The lowest BCUT2D eigenvalue weighted by atomic mass is 10.1. The number of hydrogen-bond acceptors (Lipinski definition) is 5. The smallest absolute Gasteiger partial charge is 0.324 e. The monoisotopic (exact) mass is 453 g/mol. The first kappa shape index (κ1) is 21.3. The van der Waals surface area contributed by atoms with Crippen LogP contribution >= 0.6 is 22.7 Å². The fourth-order valence-electron chi connectivity index (χ4n) is 3.86. The molecule has 0 atom stereocenters. The summed E-state index contributed by atoms with van der Waals surface area (Å²) in [6.45, 7) is 6.03. The highest BCUT2D eigenvalue weighted by Gasteiger charge is 2.17. The number of carbonyl (C=O) groups is 1. The lowest BCUT2D eigenvalue weighted by Crippen LogP contribution is -2.41. The number of thiophene rings is 2. The number of nitrogens with zero attached hydrogens (tertiary/aromatic N) is 2. The normalized spacial score (nSPS) is 11.2. The van der Waals surface area contributed by atoms with E-state index < -0.39 is 5.69 Å². The number of hydrogen-bond donors (Lipinski definition) is 1. The van der Waals surface area contributed by atoms with E-state index in [4.69, 9.17) is 0 Å². The zero-order valence-corrected chi connectivity index (χ0v) is 19.2. The van der Waals surface area contributed by atoms with Crippen molar-refractivity contribution in [1.82, 2.24) is 9.13 Å². The minimum atomic E-state index is -0.458. The van der Waals surface area contributed by atoms with Crippen molar-refractivity contribution in [1.29, 1.82) is 0 Å². The molecule has 0 spiro atoms. The van der Waals surface area contributed by atoms with Crippen molar-refractivity contribution in [3.05, 3.63) is 83.5 Å². The Hall–Kier alpha value is -2.97. The maximum atomic E-state index is 13.2. The van der Waals surface area contributed by atoms with Gasteiger partial charge in [-0.15, -0.1) is 22.7 Å². The van der Waals surface area contributed by atoms with E-state index in [0.717, 1.165) is 27.3 Å². The molecule has 0 saturated carbocycles. The average Bonchev–Trinajstić information content (AvgIpc) is 3.40. The second-order valence-electron chi connectivity index (χ2n) is 7.61. The maximum absolute atomic E-state index is 13.2. The second kappa shape index (κ2) is 8.64. The highest BCUT2D eigenvalue weighted by Crippen LogP contribution is 2.22. The lowest BCUT2D eigenvalue weighted by molar-refractivity contribution is -0.116. The summed E-state index contributed by atoms with van der Waals surface area (Å²) in [5.41, 5.74) is 3.58. The summed E-state index contributed by atoms with van der Waals surface area (Å²) < 4.78 is 3.13. The van der Waals surface area contributed by atoms with Gasteiger partial charge in [0.05, 0.1) is 5.52 Å². The van der Waals surface area contributed by atoms with Gasteiger partial charge >= 0.3 is 5.69 Å². The second-order valence-corrected chi connectivity index (χ2v) is 9.56. The van der Waals surface area contributed by atoms with Crippen LogP contribution < -0.4 is 16.6 Å². The van der Waals surface area contributed by atoms with E-state index in [1.165, 1.54) is 20.5 Å². The van der Waals surface area contributed by atoms with Crippen LogP contribution in [0, 0.1) is 20.8 Å². The Balaban J connectivity index is 1.67. The molecule has 4 rings (SSSR count). The van der Waals surface area contributed by atoms with Crippen LogP contribution in [0.3, 0.4) is 0 Å². The molecule has 0 fully saturated rings. The third kappa shape index (κ3) is 4.26. The van der Waals surface area contributed by atoms with E-state index in [9.17, 15) is 14.4 Å². The Kier molecular flexibility index (Phi) is 5.93. The van der Waals surface area contributed by atoms with Gasteiger partial charge in [-0.2, -0.15) is 0 Å². The maximum Gasteiger partial charge on any atom is 0.332 e. The molecule has 1 N–H and O–H groups in total. The van der Waals surface area contributed by atoms with E-state index in [-0.39, 0.29) is 24.6 Å². The molecule has 3 aromatic heterocycles. The average molecular weight is 454 g/mol. The van der Waals surface area contributed by atoms with Crippen molar-refractivity contribution in [2.75, 3.05) is 5.32 Å². The summed E-state index contributed by atoms with van der Waals surface area (Å²) in [6.07, 6.45) is 0.595. The van der Waals surface area contributed by atoms with Crippen LogP contribution in [0.4, 0.5) is 5.69 Å². The van der Waals surface area contributed by atoms with Crippen molar-refractivity contribution >= 4 is 44.5 Å². The number of carbonyl (C=O) groups excluding carboxylic acids is 1. The molecular weight excluding hydrogens is 430 g/mol. The van der Waals surface area contributed by atoms with Crippen molar-refractivity contribution in [2.24, 2.45) is 0 Å². The van der Waals surface area contributed by atoms with Gasteiger partial charge in [-0.1, -0.05) is 23.8 Å². The van der Waals surface area contributed by atoms with Gasteiger partial charge in [0.1, 0.15) is 11.2 Å². The number of fused-ring (bicyclic) bond motifs is 1. The van der Waals surface area contributed by atoms with Gasteiger partial charge in [-0.05, 0) is 61.2 Å². The van der Waals surface area contributed by atoms with Crippen molar-refractivity contribution in [3.8, 4) is 0 Å². The fourth-order valence-corrected chi connectivity index (χ4v) is 5.40. The third-order valence-corrected chi connectivity index (χ3v) is 7.07. The fraction of sp³-hybridized carbons (Fsp3) is 0.261. The Morgan fingerprint density at radius 1 is 1.00 bits per heavy atom. The first-order valence-corrected chi connectivity index (χ1v) is 11.7. The van der Waals surface area contributed by atoms with E-state index in [2.05, 4.69) is 5.32 Å². The molecule has 0 aliphatic carbocycles. The molecule has 3 heterocycles. The number of rotatable bonds is 6. The number of amides is 1. The number of nitrogens with one attached hydrogen (secondary N) is 1. The Labute approximate surface area is 187 Å². The molecule has 31 heavy (non-hydrogen) atoms. The van der Waals surface area contributed by atoms with Crippen LogP contribution in [0.5, 0.6) is 0 Å². The molecule has 1 aromatic carbocycles. The largest absolute Gasteiger partial charge is 0.332 e. The molecule has 0 aliphatic heterocycles. The predicted octanol–water partition coefficient (Wildman–Crippen LogP) is 4.09. The van der Waals surface area contributed by atoms with E-state index in [0.29, 0.717) is 16.6 Å². The summed E-state index contributed by atoms with van der Waals surface area (Å²) >= 11 is 2.88. The van der Waals surface area contributed by atoms with Gasteiger partial charge < -0.3 is 5.32 Å². The summed E-state index contributed by atoms with van der Waals surface area (Å²) in [6, 6.07) is 9.68. The molecule has 4 aromatic rings. The number of aromatic nitrogens is 2. The molecule has 0 bridgehead atoms. The summed E-state index contributed by atoms with van der Waals surface area (Å²) in [5, 5.41) is 6.69. The van der Waals surface area contributed by atoms with Gasteiger partial charge in [0.2, 0.25) is 5.91 Å². The van der Waals surface area contributed by atoms with Crippen LogP contribution in [-0.2, 0) is 24.3 Å². The minimum Gasteiger partial charge on any atom is -0.324 e. The number of anilines is 1. The standard InChI is InChI=1S/C23H23N3O3S2/c1-14-11-15(2)20(16(3)12-14)24-19(27)13-26-18-7-10-31-21(18)22(28)25(23(26)29)8-6-17-5-4-9-30-17/h4-5,7,9-12H,6,8,13H2,1-3H3,(H,24,27). The summed E-state index contributed by atoms with van der Waals surface area (Å²) in [5.74, 6) is -0.298. The first-order valence-electron chi connectivity index (χ1n) is 9.96. The van der Waals surface area contributed by atoms with Crippen molar-refractivity contribution in [3.63, 3.8) is 0 Å². The topological polar surface area (TPSA) is 73.1 Å². The Morgan fingerprint density at radius 3 is 2.42 bits per heavy atom. The molecule has 0 unspecified atom stereocenters. The molecule has 0 radical (unpaired) electrons. The lowest BCUT2D eigenvalue weighted by Gasteiger charge is -2.15. The van der Waals surface area contributed by atoms with E-state index in [1.54, 1.807) is 22.8 Å². The molecule has 8 heteroatoms. The highest BCUT2D eigenvalue weighted by atomic mass is 32.1. The zero-order valence-electron chi connectivity index (χ0n) is 17.6. The van der Waals surface area contributed by atoms with Gasteiger partial charge in [0, 0.05) is 17.1 Å². The first-order chi connectivity index (χ1) is 14.8. The van der Waals surface area contributed by atoms with Gasteiger partial charge in [0.15, 0.2) is 0 Å². The zero-order chi connectivity index (χ0) is 22.1. The molecule has 160 valence electrons. The summed E-state index contributed by atoms with van der Waals surface area (Å²) in [7, 11) is 0. The number of aryl methyl sites for hydroxylation is 4. The van der Waals surface area contributed by atoms with Crippen LogP contribution in [-0.4, -0.2) is 15.0 Å². The number of benzene rings is 1. The SMILES string of the molecule is Cc1cc(C)c(NC(=O)Cn2c(=O)n(CCc3cccs3)c(=O)c3sccc32)c(C)c1. The van der Waals surface area contributed by atoms with Gasteiger partial charge in [-0.3, -0.25) is 18.7 Å². The van der Waals surface area contributed by atoms with Gasteiger partial charge in [-0.25, -0.2) is 4.79 Å². The predicted molar refractivity (Wildman–Crippen MR) is 128 cm³/mol. The molecule has 0 saturated heterocycles. The van der Waals surface area contributed by atoms with E-state index >= 15 is 0 Å². The van der Waals surface area contributed by atoms with Crippen LogP contribution in [0.1, 0.15) is 21.6 Å². The molecule has 6 nitrogen and oxygen atoms in total. The summed E-state index contributed by atoms with van der Waals surface area (Å²) in [4.78, 5) is 40.0. The van der Waals surface area contributed by atoms with Crippen molar-refractivity contribution < 1.29 is 4.79 Å². The van der Waals surface area contributed by atoms with Crippen molar-refractivity contribution in [2.45, 2.75) is 40.3 Å². The molecule has 0 aliphatic rings. The van der Waals surface area contributed by atoms with Crippen LogP contribution in [0.25, 0.3) is 10.2 Å². The van der Waals surface area contributed by atoms with Crippen LogP contribution in [0.2, 0.25) is 0 Å². The Morgan fingerprint density at radius 2 is 1.74 bits per heavy atom. The van der Waals surface area contributed by atoms with Crippen LogP contribution in [0.15, 0.2) is 50.7 Å². The molecular formula is C23H23N3O3S2. The van der Waals surface area contributed by atoms with E-state index in [1.807, 2.05) is 50.4 Å². The van der Waals surface area contributed by atoms with Gasteiger partial charge in [0.25, 0.3) is 5.56 Å². The third-order valence-electron chi connectivity index (χ3n) is 5.24.